The number of pyridine rings is 1. The molecule has 6 heteroatoms. The van der Waals surface area contributed by atoms with Crippen LogP contribution in [-0.4, -0.2) is 46.2 Å². The van der Waals surface area contributed by atoms with Crippen molar-refractivity contribution in [2.24, 2.45) is 11.8 Å². The number of hydrogen-bond donors (Lipinski definition) is 0. The molecule has 0 radical (unpaired) electrons. The van der Waals surface area contributed by atoms with Crippen molar-refractivity contribution < 1.29 is 14.0 Å². The van der Waals surface area contributed by atoms with Crippen LogP contribution in [0, 0.1) is 11.8 Å². The summed E-state index contributed by atoms with van der Waals surface area (Å²) in [5, 5.41) is 0. The molecule has 2 aliphatic rings. The van der Waals surface area contributed by atoms with Gasteiger partial charge in [0.1, 0.15) is 0 Å². The zero-order valence-electron chi connectivity index (χ0n) is 15.8. The Morgan fingerprint density at radius 3 is 2.56 bits per heavy atom. The van der Waals surface area contributed by atoms with Gasteiger partial charge in [-0.3, -0.25) is 14.6 Å². The molecular weight excluding hydrogens is 342 g/mol. The molecule has 142 valence electrons. The number of nitrogens with zero attached hydrogens (tertiary/aromatic N) is 3. The molecule has 2 aliphatic heterocycles. The largest absolute Gasteiger partial charge is 0.459 e. The number of amides is 2. The quantitative estimate of drug-likeness (QED) is 0.819. The number of carbonyl (C=O) groups excluding carboxylic acids is 2. The third-order valence-electron chi connectivity index (χ3n) is 5.52. The van der Waals surface area contributed by atoms with E-state index in [1.165, 1.54) is 6.26 Å². The highest BCUT2D eigenvalue weighted by Gasteiger charge is 2.38. The number of rotatable bonds is 2. The Hall–Kier alpha value is -2.63. The van der Waals surface area contributed by atoms with E-state index in [4.69, 9.17) is 4.42 Å². The first-order valence-electron chi connectivity index (χ1n) is 9.58. The van der Waals surface area contributed by atoms with Crippen LogP contribution >= 0.6 is 0 Å². The van der Waals surface area contributed by atoms with E-state index in [2.05, 4.69) is 18.8 Å². The van der Waals surface area contributed by atoms with Gasteiger partial charge in [-0.05, 0) is 42.0 Å². The first-order valence-corrected chi connectivity index (χ1v) is 9.58. The molecule has 0 bridgehead atoms. The summed E-state index contributed by atoms with van der Waals surface area (Å²) in [6.45, 7) is 6.70. The number of carbonyl (C=O) groups is 2. The first-order chi connectivity index (χ1) is 13.0. The molecule has 1 fully saturated rings. The summed E-state index contributed by atoms with van der Waals surface area (Å²) in [4.78, 5) is 34.4. The highest BCUT2D eigenvalue weighted by Crippen LogP contribution is 2.31. The van der Waals surface area contributed by atoms with E-state index in [-0.39, 0.29) is 11.8 Å². The number of hydrogen-bond acceptors (Lipinski definition) is 4. The molecule has 4 heterocycles. The monoisotopic (exact) mass is 367 g/mol. The Balaban J connectivity index is 1.62. The molecule has 2 aromatic rings. The summed E-state index contributed by atoms with van der Waals surface area (Å²) in [6, 6.07) is 7.16. The number of aromatic nitrogens is 1. The van der Waals surface area contributed by atoms with Crippen molar-refractivity contribution in [2.45, 2.75) is 32.7 Å². The molecule has 0 saturated carbocycles. The van der Waals surface area contributed by atoms with Gasteiger partial charge < -0.3 is 14.2 Å². The van der Waals surface area contributed by atoms with Crippen LogP contribution in [0.2, 0.25) is 0 Å². The highest BCUT2D eigenvalue weighted by molar-refractivity contribution is 5.93. The molecule has 2 amide bonds. The summed E-state index contributed by atoms with van der Waals surface area (Å²) in [7, 11) is 0. The molecule has 0 N–H and O–H groups in total. The molecule has 27 heavy (non-hydrogen) atoms. The summed E-state index contributed by atoms with van der Waals surface area (Å²) in [5.74, 6) is 0.744. The molecule has 0 spiro atoms. The third kappa shape index (κ3) is 3.48. The number of furan rings is 1. The minimum Gasteiger partial charge on any atom is -0.459 e. The lowest BCUT2D eigenvalue weighted by Gasteiger charge is -2.39. The maximum Gasteiger partial charge on any atom is 0.289 e. The van der Waals surface area contributed by atoms with Crippen LogP contribution in [0.5, 0.6) is 0 Å². The Bertz CT molecular complexity index is 823. The smallest absolute Gasteiger partial charge is 0.289 e. The Morgan fingerprint density at radius 2 is 1.85 bits per heavy atom. The SMILES string of the molecule is CC1CC(C)CN(C(=O)C2CN(C(=O)c3ccco3)Cc3cccnc32)C1. The van der Waals surface area contributed by atoms with E-state index in [1.54, 1.807) is 23.2 Å². The molecule has 6 nitrogen and oxygen atoms in total. The van der Waals surface area contributed by atoms with Crippen molar-refractivity contribution in [3.05, 3.63) is 53.7 Å². The Labute approximate surface area is 159 Å². The Kier molecular flexibility index (Phi) is 4.72. The van der Waals surface area contributed by atoms with E-state index >= 15 is 0 Å². The van der Waals surface area contributed by atoms with E-state index in [0.29, 0.717) is 30.7 Å². The van der Waals surface area contributed by atoms with Crippen molar-refractivity contribution >= 4 is 11.8 Å². The second-order valence-corrected chi connectivity index (χ2v) is 7.95. The lowest BCUT2D eigenvalue weighted by molar-refractivity contribution is -0.136. The Morgan fingerprint density at radius 1 is 1.07 bits per heavy atom. The van der Waals surface area contributed by atoms with Crippen LogP contribution < -0.4 is 0 Å². The van der Waals surface area contributed by atoms with Gasteiger partial charge in [-0.2, -0.15) is 0 Å². The van der Waals surface area contributed by atoms with Crippen molar-refractivity contribution in [3.63, 3.8) is 0 Å². The van der Waals surface area contributed by atoms with Gasteiger partial charge >= 0.3 is 0 Å². The summed E-state index contributed by atoms with van der Waals surface area (Å²) in [6.07, 6.45) is 4.36. The fourth-order valence-corrected chi connectivity index (χ4v) is 4.44. The second-order valence-electron chi connectivity index (χ2n) is 7.95. The topological polar surface area (TPSA) is 66.7 Å². The lowest BCUT2D eigenvalue weighted by atomic mass is 9.88. The van der Waals surface area contributed by atoms with Gasteiger partial charge in [-0.25, -0.2) is 0 Å². The van der Waals surface area contributed by atoms with E-state index in [1.807, 2.05) is 17.0 Å². The van der Waals surface area contributed by atoms with Gasteiger partial charge in [0, 0.05) is 32.4 Å². The van der Waals surface area contributed by atoms with Gasteiger partial charge in [-0.15, -0.1) is 0 Å². The molecule has 3 atom stereocenters. The minimum atomic E-state index is -0.425. The van der Waals surface area contributed by atoms with Crippen molar-refractivity contribution in [1.82, 2.24) is 14.8 Å². The maximum atomic E-state index is 13.4. The molecule has 2 aromatic heterocycles. The van der Waals surface area contributed by atoms with Gasteiger partial charge in [0.2, 0.25) is 5.91 Å². The molecule has 1 saturated heterocycles. The molecule has 4 rings (SSSR count). The zero-order valence-corrected chi connectivity index (χ0v) is 15.8. The average Bonchev–Trinajstić information content (AvgIpc) is 3.20. The predicted octanol–water partition coefficient (Wildman–Crippen LogP) is 2.92. The second kappa shape index (κ2) is 7.18. The number of piperidine rings is 1. The summed E-state index contributed by atoms with van der Waals surface area (Å²) >= 11 is 0. The molecule has 3 unspecified atom stereocenters. The van der Waals surface area contributed by atoms with Crippen LogP contribution in [0.15, 0.2) is 41.1 Å². The maximum absolute atomic E-state index is 13.4. The van der Waals surface area contributed by atoms with E-state index < -0.39 is 5.92 Å². The zero-order chi connectivity index (χ0) is 19.0. The number of fused-ring (bicyclic) bond motifs is 1. The average molecular weight is 367 g/mol. The minimum absolute atomic E-state index is 0.0743. The predicted molar refractivity (Wildman–Crippen MR) is 100.0 cm³/mol. The highest BCUT2D eigenvalue weighted by atomic mass is 16.3. The molecule has 0 aliphatic carbocycles. The number of likely N-dealkylation sites (tertiary alicyclic amines) is 1. The molecular formula is C21H25N3O3. The van der Waals surface area contributed by atoms with Crippen LogP contribution in [0.3, 0.4) is 0 Å². The van der Waals surface area contributed by atoms with Gasteiger partial charge in [-0.1, -0.05) is 19.9 Å². The van der Waals surface area contributed by atoms with Crippen molar-refractivity contribution in [2.75, 3.05) is 19.6 Å². The van der Waals surface area contributed by atoms with Crippen LogP contribution in [-0.2, 0) is 11.3 Å². The van der Waals surface area contributed by atoms with Crippen LogP contribution in [0.25, 0.3) is 0 Å². The van der Waals surface area contributed by atoms with Gasteiger partial charge in [0.05, 0.1) is 17.9 Å². The summed E-state index contributed by atoms with van der Waals surface area (Å²) in [5.41, 5.74) is 1.73. The summed E-state index contributed by atoms with van der Waals surface area (Å²) < 4.78 is 5.27. The van der Waals surface area contributed by atoms with Crippen LogP contribution in [0.1, 0.15) is 48.0 Å². The van der Waals surface area contributed by atoms with Crippen molar-refractivity contribution in [1.29, 1.82) is 0 Å². The fourth-order valence-electron chi connectivity index (χ4n) is 4.44. The van der Waals surface area contributed by atoms with E-state index in [9.17, 15) is 9.59 Å². The standard InChI is InChI=1S/C21H25N3O3/c1-14-9-15(2)11-23(10-14)20(25)17-13-24(21(26)18-6-4-8-27-18)12-16-5-3-7-22-19(16)17/h3-8,14-15,17H,9-13H2,1-2H3. The van der Waals surface area contributed by atoms with Gasteiger partial charge in [0.15, 0.2) is 5.76 Å². The van der Waals surface area contributed by atoms with Crippen LogP contribution in [0.4, 0.5) is 0 Å². The lowest BCUT2D eigenvalue weighted by Crippen LogP contribution is -2.49. The first kappa shape index (κ1) is 17.8. The third-order valence-corrected chi connectivity index (χ3v) is 5.52. The molecule has 0 aromatic carbocycles. The van der Waals surface area contributed by atoms with Crippen molar-refractivity contribution in [3.8, 4) is 0 Å². The fraction of sp³-hybridized carbons (Fsp3) is 0.476. The normalized spacial score (nSPS) is 25.2. The van der Waals surface area contributed by atoms with Gasteiger partial charge in [0.25, 0.3) is 5.91 Å². The van der Waals surface area contributed by atoms with E-state index in [0.717, 1.165) is 30.8 Å².